The average molecular weight is 1250 g/mol. The standard InChI is InChI=1S/C61H92F2N8O13S2/c1-58(2,3)52(47-31-39(41-32-40(62)21-22-42(41)63)35-70(47)34-38-19-17-16-18-20-38)71(50(74)37-85-36-46(56(79)84-61(10,11)12)68-53(76)43(64)33-48(65)72)28-26-44(69-57(80)81-29-30-86(13,14)15)54(77)66-27-25-49(73)67-45(55(78)83-60(7,8)9)23-24-51(75)82-59(4,5)6/h16-22,31-32,35,43-46,52H,23-30,33-34,36-37,64H2,1-15H3,(H2,65,72)(H,66,77)(H,67,73)(H,68,76)(H,69,80)/t43-,44-,45+,46-,52-/m0/s1. The van der Waals surface area contributed by atoms with E-state index in [-0.39, 0.29) is 74.6 Å². The summed E-state index contributed by atoms with van der Waals surface area (Å²) in [4.78, 5) is 123. The molecule has 1 heterocycles. The van der Waals surface area contributed by atoms with Crippen LogP contribution in [0.2, 0.25) is 0 Å². The molecule has 0 aliphatic heterocycles. The Hall–Kier alpha value is -6.73. The van der Waals surface area contributed by atoms with Gasteiger partial charge in [-0.25, -0.2) is 33.2 Å². The van der Waals surface area contributed by atoms with Crippen LogP contribution in [-0.4, -0.2) is 160 Å². The molecule has 3 aromatic rings. The SMILES string of the molecule is CC(C)(C)OC(=O)CC[C@@H](NC(=O)CCNC(=O)[C@H](CCN(C(=O)CSC[C@H](NC(=O)[C@@H](N)CC(N)=O)C(=O)OC(C)(C)C)[C@@H](c1cc(-c2cc(F)ccc2F)cn1Cc1ccccc1)C(C)(C)C)NC(=O)OCCS(C)(C)C)C(=O)OC(C)(C)C. The Kier molecular flexibility index (Phi) is 27.6. The number of amides is 6. The number of hydrogen-bond acceptors (Lipinski definition) is 15. The molecule has 0 radical (unpaired) electrons. The lowest BCUT2D eigenvalue weighted by Gasteiger charge is -2.41. The number of aromatic nitrogens is 1. The molecule has 0 bridgehead atoms. The second kappa shape index (κ2) is 32.3. The maximum Gasteiger partial charge on any atom is 0.407 e. The second-order valence-electron chi connectivity index (χ2n) is 25.9. The number of carbonyl (C=O) groups excluding carboxylic acids is 9. The molecule has 3 rings (SSSR count). The van der Waals surface area contributed by atoms with Gasteiger partial charge in [-0.1, -0.05) is 51.1 Å². The molecular weight excluding hydrogens is 1150 g/mol. The van der Waals surface area contributed by atoms with Crippen LogP contribution < -0.4 is 32.7 Å². The van der Waals surface area contributed by atoms with Gasteiger partial charge in [-0.3, -0.25) is 28.8 Å². The van der Waals surface area contributed by atoms with E-state index in [0.717, 1.165) is 35.5 Å². The van der Waals surface area contributed by atoms with Crippen molar-refractivity contribution in [3.8, 4) is 11.1 Å². The maximum atomic E-state index is 15.7. The summed E-state index contributed by atoms with van der Waals surface area (Å²) in [5.74, 6) is -7.43. The summed E-state index contributed by atoms with van der Waals surface area (Å²) in [6.07, 6.45) is 5.30. The number of rotatable bonds is 30. The van der Waals surface area contributed by atoms with E-state index in [1.165, 1.54) is 4.90 Å². The molecule has 0 saturated heterocycles. The van der Waals surface area contributed by atoms with Crippen molar-refractivity contribution in [1.29, 1.82) is 0 Å². The fourth-order valence-electron chi connectivity index (χ4n) is 8.56. The van der Waals surface area contributed by atoms with Crippen LogP contribution in [0.1, 0.15) is 132 Å². The van der Waals surface area contributed by atoms with Crippen molar-refractivity contribution in [2.75, 3.05) is 55.7 Å². The summed E-state index contributed by atoms with van der Waals surface area (Å²) in [6.45, 7) is 20.1. The van der Waals surface area contributed by atoms with Crippen molar-refractivity contribution in [2.45, 2.75) is 169 Å². The normalized spacial score (nSPS) is 14.0. The molecule has 2 aromatic carbocycles. The third kappa shape index (κ3) is 27.3. The third-order valence-corrected chi connectivity index (χ3v) is 14.7. The van der Waals surface area contributed by atoms with Gasteiger partial charge in [0.1, 0.15) is 53.2 Å². The zero-order chi connectivity index (χ0) is 65.1. The van der Waals surface area contributed by atoms with E-state index in [1.54, 1.807) is 74.6 Å². The minimum absolute atomic E-state index is 0.0221. The van der Waals surface area contributed by atoms with Crippen molar-refractivity contribution in [2.24, 2.45) is 16.9 Å². The summed E-state index contributed by atoms with van der Waals surface area (Å²) in [5, 5.41) is 10.5. The van der Waals surface area contributed by atoms with E-state index in [4.69, 9.17) is 30.4 Å². The van der Waals surface area contributed by atoms with E-state index in [2.05, 4.69) is 21.3 Å². The average Bonchev–Trinajstić information content (AvgIpc) is 1.73. The number of thioether (sulfide) groups is 1. The van der Waals surface area contributed by atoms with Crippen LogP contribution in [0, 0.1) is 17.0 Å². The molecule has 5 atom stereocenters. The predicted molar refractivity (Wildman–Crippen MR) is 330 cm³/mol. The van der Waals surface area contributed by atoms with Crippen LogP contribution in [0.5, 0.6) is 0 Å². The van der Waals surface area contributed by atoms with Gasteiger partial charge < -0.3 is 61.1 Å². The first-order valence-corrected chi connectivity index (χ1v) is 32.5. The van der Waals surface area contributed by atoms with E-state index in [0.29, 0.717) is 11.4 Å². The summed E-state index contributed by atoms with van der Waals surface area (Å²) in [6, 6.07) is 7.63. The van der Waals surface area contributed by atoms with Crippen LogP contribution >= 0.6 is 21.8 Å². The first-order valence-electron chi connectivity index (χ1n) is 28.4. The molecule has 8 N–H and O–H groups in total. The summed E-state index contributed by atoms with van der Waals surface area (Å²) in [5.41, 5.74) is 9.13. The summed E-state index contributed by atoms with van der Waals surface area (Å²) in [7, 11) is -1.12. The Balaban J connectivity index is 2.16. The predicted octanol–water partition coefficient (Wildman–Crippen LogP) is 6.79. The number of nitrogens with one attached hydrogen (secondary N) is 4. The number of ether oxygens (including phenoxy) is 4. The number of carbonyl (C=O) groups is 9. The van der Waals surface area contributed by atoms with Gasteiger partial charge in [0.25, 0.3) is 0 Å². The molecule has 6 amide bonds. The van der Waals surface area contributed by atoms with E-state index in [1.807, 2.05) is 74.4 Å². The van der Waals surface area contributed by atoms with Crippen LogP contribution in [0.3, 0.4) is 0 Å². The Labute approximate surface area is 510 Å². The zero-order valence-corrected chi connectivity index (χ0v) is 54.2. The van der Waals surface area contributed by atoms with Crippen molar-refractivity contribution in [3.05, 3.63) is 83.7 Å². The van der Waals surface area contributed by atoms with Gasteiger partial charge >= 0.3 is 24.0 Å². The highest BCUT2D eigenvalue weighted by molar-refractivity contribution is 8.32. The third-order valence-electron chi connectivity index (χ3n) is 12.3. The molecular formula is C61H92F2N8O13S2. The fraction of sp³-hybridized carbons (Fsp3) is 0.590. The summed E-state index contributed by atoms with van der Waals surface area (Å²) < 4.78 is 54.5. The van der Waals surface area contributed by atoms with E-state index < -0.39 is 134 Å². The molecule has 480 valence electrons. The van der Waals surface area contributed by atoms with Crippen molar-refractivity contribution in [3.63, 3.8) is 0 Å². The molecule has 0 aliphatic carbocycles. The van der Waals surface area contributed by atoms with Gasteiger partial charge in [0, 0.05) is 67.0 Å². The molecule has 25 heteroatoms. The van der Waals surface area contributed by atoms with Crippen LogP contribution in [0.15, 0.2) is 60.8 Å². The molecule has 0 spiro atoms. The van der Waals surface area contributed by atoms with E-state index >= 15 is 9.18 Å². The Bertz CT molecular complexity index is 2820. The van der Waals surface area contributed by atoms with Gasteiger partial charge in [0.15, 0.2) is 0 Å². The van der Waals surface area contributed by atoms with Gasteiger partial charge in [0.05, 0.1) is 24.3 Å². The number of nitrogens with zero attached hydrogens (tertiary/aromatic N) is 2. The van der Waals surface area contributed by atoms with Gasteiger partial charge in [-0.15, -0.1) is 11.8 Å². The van der Waals surface area contributed by atoms with Crippen molar-refractivity contribution >= 4 is 75.3 Å². The highest BCUT2D eigenvalue weighted by atomic mass is 32.3. The quantitative estimate of drug-likeness (QED) is 0.0296. The lowest BCUT2D eigenvalue weighted by atomic mass is 9.82. The van der Waals surface area contributed by atoms with Crippen LogP contribution in [-0.2, 0) is 63.8 Å². The zero-order valence-electron chi connectivity index (χ0n) is 52.6. The van der Waals surface area contributed by atoms with Crippen molar-refractivity contribution < 1.29 is 70.9 Å². The first-order chi connectivity index (χ1) is 39.6. The number of halogens is 2. The molecule has 0 saturated carbocycles. The number of benzene rings is 2. The number of alkyl carbamates (subject to hydrolysis) is 1. The smallest absolute Gasteiger partial charge is 0.407 e. The monoisotopic (exact) mass is 1250 g/mol. The lowest BCUT2D eigenvalue weighted by Crippen LogP contribution is -2.52. The largest absolute Gasteiger partial charge is 0.460 e. The number of primary amides is 1. The Morgan fingerprint density at radius 3 is 1.90 bits per heavy atom. The minimum atomic E-state index is -1.43. The number of esters is 3. The first kappa shape index (κ1) is 73.5. The fourth-order valence-corrected chi connectivity index (χ4v) is 10.1. The minimum Gasteiger partial charge on any atom is -0.460 e. The van der Waals surface area contributed by atoms with Gasteiger partial charge in [-0.2, -0.15) is 0 Å². The molecule has 21 nitrogen and oxygen atoms in total. The maximum absolute atomic E-state index is 15.7. The second-order valence-corrected chi connectivity index (χ2v) is 31.5. The van der Waals surface area contributed by atoms with E-state index in [9.17, 15) is 42.7 Å². The Morgan fingerprint density at radius 2 is 1.33 bits per heavy atom. The van der Waals surface area contributed by atoms with Crippen LogP contribution in [0.25, 0.3) is 11.1 Å². The molecule has 0 unspecified atom stereocenters. The molecule has 1 aromatic heterocycles. The highest BCUT2D eigenvalue weighted by Crippen LogP contribution is 2.42. The number of hydrogen-bond donors (Lipinski definition) is 6. The van der Waals surface area contributed by atoms with Crippen molar-refractivity contribution in [1.82, 2.24) is 30.7 Å². The van der Waals surface area contributed by atoms with Gasteiger partial charge in [0.2, 0.25) is 29.5 Å². The Morgan fingerprint density at radius 1 is 0.721 bits per heavy atom. The summed E-state index contributed by atoms with van der Waals surface area (Å²) >= 11 is 0.952. The van der Waals surface area contributed by atoms with Gasteiger partial charge in [-0.05, 0) is 129 Å². The highest BCUT2D eigenvalue weighted by Gasteiger charge is 2.39. The lowest BCUT2D eigenvalue weighted by molar-refractivity contribution is -0.160. The topological polar surface area (TPSA) is 299 Å². The van der Waals surface area contributed by atoms with Crippen LogP contribution in [0.4, 0.5) is 13.6 Å². The molecule has 0 aliphatic rings. The number of nitrogens with two attached hydrogens (primary N) is 2. The molecule has 86 heavy (non-hydrogen) atoms. The molecule has 0 fully saturated rings.